The van der Waals surface area contributed by atoms with Crippen LogP contribution in [0.25, 0.3) is 68.6 Å². The van der Waals surface area contributed by atoms with Gasteiger partial charge in [0.2, 0.25) is 11.5 Å². The van der Waals surface area contributed by atoms with Crippen LogP contribution in [0.3, 0.4) is 0 Å². The van der Waals surface area contributed by atoms with Crippen molar-refractivity contribution in [2.45, 2.75) is 427 Å². The van der Waals surface area contributed by atoms with E-state index in [1.165, 1.54) is 308 Å². The van der Waals surface area contributed by atoms with Crippen LogP contribution in [0, 0.1) is 0 Å². The number of hydrogen-bond donors (Lipinski definition) is 2. The molecule has 0 radical (unpaired) electrons. The Balaban J connectivity index is 1.25. The van der Waals surface area contributed by atoms with E-state index in [1.807, 2.05) is 0 Å². The normalized spacial score (nSPS) is 11.9. The topological polar surface area (TPSA) is 113 Å². The molecule has 2 aliphatic rings. The lowest BCUT2D eigenvalue weighted by Crippen LogP contribution is -2.07. The minimum absolute atomic E-state index is 0.616. The molecule has 3 aromatic heterocycles. The van der Waals surface area contributed by atoms with Gasteiger partial charge in [-0.15, -0.1) is 0 Å². The Bertz CT molecular complexity index is 3170. The number of unbranched alkanes of at least 4 members (excludes halogenated alkanes) is 54. The summed E-state index contributed by atoms with van der Waals surface area (Å²) in [5.74, 6) is 4.45. The second kappa shape index (κ2) is 63.0. The molecule has 2 aromatic carbocycles. The molecule has 10 heteroatoms. The Labute approximate surface area is 697 Å². The molecule has 0 spiro atoms. The number of aromatic amines is 2. The van der Waals surface area contributed by atoms with Gasteiger partial charge in [0.25, 0.3) is 0 Å². The fourth-order valence-electron chi connectivity index (χ4n) is 16.4. The van der Waals surface area contributed by atoms with E-state index in [2.05, 4.69) is 136 Å². The van der Waals surface area contributed by atoms with Gasteiger partial charge < -0.3 is 38.4 Å². The molecule has 0 saturated carbocycles. The van der Waals surface area contributed by atoms with Gasteiger partial charge in [-0.25, -0.2) is 9.97 Å². The number of benzene rings is 2. The molecular formula is C104H166N4O6. The van der Waals surface area contributed by atoms with Crippen molar-refractivity contribution in [3.63, 3.8) is 0 Å². The molecule has 5 heterocycles. The van der Waals surface area contributed by atoms with E-state index in [1.54, 1.807) is 0 Å². The highest BCUT2D eigenvalue weighted by Gasteiger charge is 2.23. The van der Waals surface area contributed by atoms with Gasteiger partial charge in [-0.3, -0.25) is 0 Å². The summed E-state index contributed by atoms with van der Waals surface area (Å²) in [7, 11) is 0. The summed E-state index contributed by atoms with van der Waals surface area (Å²) in [6.45, 7) is 17.5. The minimum Gasteiger partial charge on any atom is -0.490 e. The van der Waals surface area contributed by atoms with Crippen molar-refractivity contribution in [3.8, 4) is 56.8 Å². The zero-order valence-corrected chi connectivity index (χ0v) is 74.1. The second-order valence-corrected chi connectivity index (χ2v) is 34.0. The fourth-order valence-corrected chi connectivity index (χ4v) is 16.4. The lowest BCUT2D eigenvalue weighted by Gasteiger charge is -2.19. The first kappa shape index (κ1) is 95.0. The lowest BCUT2D eigenvalue weighted by molar-refractivity contribution is 0.234. The van der Waals surface area contributed by atoms with Gasteiger partial charge in [-0.1, -0.05) is 388 Å². The van der Waals surface area contributed by atoms with Gasteiger partial charge >= 0.3 is 0 Å². The first-order valence-corrected chi connectivity index (χ1v) is 48.7. The Morgan fingerprint density at radius 3 is 0.640 bits per heavy atom. The summed E-state index contributed by atoms with van der Waals surface area (Å²) >= 11 is 0. The summed E-state index contributed by atoms with van der Waals surface area (Å²) < 4.78 is 42.1. The van der Waals surface area contributed by atoms with Crippen LogP contribution in [0.5, 0.6) is 34.5 Å². The third-order valence-electron chi connectivity index (χ3n) is 23.5. The number of hydrogen-bond acceptors (Lipinski definition) is 8. The highest BCUT2D eigenvalue weighted by Crippen LogP contribution is 2.47. The van der Waals surface area contributed by atoms with Gasteiger partial charge in [-0.05, 0) is 135 Å². The number of nitrogens with one attached hydrogen (secondary N) is 2. The van der Waals surface area contributed by atoms with E-state index in [-0.39, 0.29) is 0 Å². The predicted molar refractivity (Wildman–Crippen MR) is 494 cm³/mol. The van der Waals surface area contributed by atoms with E-state index in [9.17, 15) is 0 Å². The molecule has 0 atom stereocenters. The number of H-pyrrole nitrogens is 2. The predicted octanol–water partition coefficient (Wildman–Crippen LogP) is 33.8. The van der Waals surface area contributed by atoms with Crippen LogP contribution in [-0.4, -0.2) is 59.6 Å². The molecule has 2 N–H and O–H groups in total. The van der Waals surface area contributed by atoms with Crippen LogP contribution < -0.4 is 28.4 Å². The summed E-state index contributed by atoms with van der Waals surface area (Å²) in [5.41, 5.74) is 11.1. The quantitative estimate of drug-likeness (QED) is 0.0363. The van der Waals surface area contributed by atoms with Crippen molar-refractivity contribution in [2.75, 3.05) is 39.6 Å². The highest BCUT2D eigenvalue weighted by molar-refractivity contribution is 5.94. The summed E-state index contributed by atoms with van der Waals surface area (Å²) in [6, 6.07) is 22.0. The SMILES string of the molecule is CCCCCCCCCCCCOc1cc(-c2c3nc(cc4ccc([nH]4)c(-c4cc(OCCCCCCCCCCCC)c(OCCCCCCCCCCCC)c(OCCCCCCCCCCCC)c4)c4nc(cc5ccc2[nH]5)C=C4)C=C3)cc(OCCCCCCCCCCCC)c1OCCCCCCCCCCCC. The van der Waals surface area contributed by atoms with E-state index < -0.39 is 0 Å². The number of rotatable bonds is 74. The van der Waals surface area contributed by atoms with Crippen LogP contribution >= 0.6 is 0 Å². The van der Waals surface area contributed by atoms with Crippen molar-refractivity contribution in [1.29, 1.82) is 0 Å². The fraction of sp³-hybridized carbons (Fsp3) is 0.692. The average molecular weight is 1570 g/mol. The molecule has 0 saturated heterocycles. The zero-order chi connectivity index (χ0) is 80.0. The maximum atomic E-state index is 7.04. The smallest absolute Gasteiger partial charge is 0.203 e. The van der Waals surface area contributed by atoms with E-state index >= 15 is 0 Å². The molecule has 8 bridgehead atoms. The third kappa shape index (κ3) is 39.4. The number of fused-ring (bicyclic) bond motifs is 8. The maximum Gasteiger partial charge on any atom is 0.203 e. The standard InChI is InChI=1S/C104H166N4O6/c1-7-13-19-25-31-37-43-49-55-61-75-109-97-81-87(82-98(110-76-62-56-50-44-38-32-26-20-14-8-2)103(97)113-79-65-59-53-47-41-35-29-23-17-11-5)101-93-71-67-89(105-93)85-91-69-73-95(107-91)102(96-74-70-92(108-96)86-90-68-72-94(101)106-90)88-83-99(111-77-63-57-51-45-39-33-27-21-15-9-3)104(114-80-66-60-54-48-42-36-30-24-18-12-6)100(84-88)112-78-64-58-52-46-40-34-28-22-16-10-4/h67-74,81-86,105,108H,7-66,75-80H2,1-6H3. The van der Waals surface area contributed by atoms with Crippen molar-refractivity contribution in [1.82, 2.24) is 19.9 Å². The van der Waals surface area contributed by atoms with Gasteiger partial charge in [0.1, 0.15) is 0 Å². The van der Waals surface area contributed by atoms with Crippen LogP contribution in [0.2, 0.25) is 0 Å². The summed E-state index contributed by atoms with van der Waals surface area (Å²) in [6.07, 6.45) is 85.0. The second-order valence-electron chi connectivity index (χ2n) is 34.0. The van der Waals surface area contributed by atoms with Crippen molar-refractivity contribution in [3.05, 3.63) is 83.4 Å². The molecular weight excluding hydrogens is 1400 g/mol. The third-order valence-corrected chi connectivity index (χ3v) is 23.5. The average Bonchev–Trinajstić information content (AvgIpc) is 1.54. The van der Waals surface area contributed by atoms with Gasteiger partial charge in [0.15, 0.2) is 23.0 Å². The summed E-state index contributed by atoms with van der Waals surface area (Å²) in [5, 5.41) is 0. The molecule has 10 nitrogen and oxygen atoms in total. The van der Waals surface area contributed by atoms with Crippen molar-refractivity contribution < 1.29 is 28.4 Å². The van der Waals surface area contributed by atoms with Crippen LogP contribution in [-0.2, 0) is 0 Å². The Kier molecular flexibility index (Phi) is 52.5. The Hall–Kier alpha value is -6.16. The van der Waals surface area contributed by atoms with E-state index in [0.717, 1.165) is 179 Å². The van der Waals surface area contributed by atoms with Crippen LogP contribution in [0.4, 0.5) is 0 Å². The Morgan fingerprint density at radius 1 is 0.219 bits per heavy atom. The van der Waals surface area contributed by atoms with Gasteiger partial charge in [-0.2, -0.15) is 0 Å². The molecule has 7 rings (SSSR count). The molecule has 5 aromatic rings. The van der Waals surface area contributed by atoms with Gasteiger partial charge in [0, 0.05) is 33.2 Å². The van der Waals surface area contributed by atoms with Gasteiger partial charge in [0.05, 0.1) is 62.4 Å². The first-order valence-electron chi connectivity index (χ1n) is 48.7. The molecule has 0 aliphatic carbocycles. The van der Waals surface area contributed by atoms with E-state index in [0.29, 0.717) is 39.6 Å². The first-order chi connectivity index (χ1) is 56.5. The van der Waals surface area contributed by atoms with Crippen molar-refractivity contribution >= 4 is 46.4 Å². The zero-order valence-electron chi connectivity index (χ0n) is 74.1. The van der Waals surface area contributed by atoms with E-state index in [4.69, 9.17) is 38.4 Å². The molecule has 2 aliphatic heterocycles. The lowest BCUT2D eigenvalue weighted by atomic mass is 10.0. The Morgan fingerprint density at radius 2 is 0.421 bits per heavy atom. The largest absolute Gasteiger partial charge is 0.490 e. The molecule has 0 fully saturated rings. The van der Waals surface area contributed by atoms with Crippen LogP contribution in [0.15, 0.2) is 60.7 Å². The van der Waals surface area contributed by atoms with Crippen molar-refractivity contribution in [2.24, 2.45) is 0 Å². The monoisotopic (exact) mass is 1570 g/mol. The molecule has 0 amide bonds. The molecule has 114 heavy (non-hydrogen) atoms. The number of ether oxygens (including phenoxy) is 6. The molecule has 638 valence electrons. The minimum atomic E-state index is 0.616. The highest BCUT2D eigenvalue weighted by atomic mass is 16.5. The summed E-state index contributed by atoms with van der Waals surface area (Å²) in [4.78, 5) is 18.8. The number of aromatic nitrogens is 4. The maximum absolute atomic E-state index is 7.04. The van der Waals surface area contributed by atoms with Crippen LogP contribution in [0.1, 0.15) is 450 Å². The molecule has 0 unspecified atom stereocenters. The number of nitrogens with zero attached hydrogens (tertiary/aromatic N) is 2.